The van der Waals surface area contributed by atoms with Crippen LogP contribution in [0.25, 0.3) is 5.70 Å². The summed E-state index contributed by atoms with van der Waals surface area (Å²) in [6.45, 7) is 0. The van der Waals surface area contributed by atoms with Gasteiger partial charge in [0.15, 0.2) is 5.78 Å². The summed E-state index contributed by atoms with van der Waals surface area (Å²) in [4.78, 5) is 54.8. The zero-order valence-corrected chi connectivity index (χ0v) is 25.2. The Balaban J connectivity index is 1.26. The maximum Gasteiger partial charge on any atom is 0.332 e. The van der Waals surface area contributed by atoms with E-state index in [2.05, 4.69) is 5.32 Å². The molecule has 0 amide bonds. The van der Waals surface area contributed by atoms with Gasteiger partial charge in [-0.25, -0.2) is 4.79 Å². The van der Waals surface area contributed by atoms with Gasteiger partial charge in [-0.05, 0) is 35.4 Å². The Hall–Kier alpha value is -5.41. The molecule has 0 bridgehead atoms. The molecule has 8 nitrogen and oxygen atoms in total. The highest BCUT2D eigenvalue weighted by Gasteiger charge is 2.42. The van der Waals surface area contributed by atoms with Crippen molar-refractivity contribution in [2.75, 3.05) is 5.32 Å². The summed E-state index contributed by atoms with van der Waals surface area (Å²) < 4.78 is 8.33. The fourth-order valence-corrected chi connectivity index (χ4v) is 7.03. The molecule has 2 atom stereocenters. The zero-order chi connectivity index (χ0) is 31.2. The van der Waals surface area contributed by atoms with Gasteiger partial charge in [0.05, 0.1) is 11.3 Å². The SMILES string of the molecule is Cn1c2c(c(=O)n(C)c1=O)C(c1ccc(OC(=O)C(Sc3ccccc3)c3ccccc3)cc1)C1=C(N2)c2ccccc2C1=O. The first-order valence-electron chi connectivity index (χ1n) is 14.4. The molecule has 0 radical (unpaired) electrons. The van der Waals surface area contributed by atoms with E-state index in [4.69, 9.17) is 4.74 Å². The van der Waals surface area contributed by atoms with Crippen molar-refractivity contribution in [3.63, 3.8) is 0 Å². The van der Waals surface area contributed by atoms with Crippen LogP contribution in [0.4, 0.5) is 5.82 Å². The Bertz CT molecular complexity index is 2130. The summed E-state index contributed by atoms with van der Waals surface area (Å²) in [5.74, 6) is -0.687. The molecule has 7 rings (SSSR count). The van der Waals surface area contributed by atoms with E-state index in [1.54, 1.807) is 43.4 Å². The minimum Gasteiger partial charge on any atom is -0.425 e. The van der Waals surface area contributed by atoms with Crippen molar-refractivity contribution in [3.05, 3.63) is 163 Å². The molecule has 5 aromatic rings. The maximum atomic E-state index is 13.8. The van der Waals surface area contributed by atoms with E-state index < -0.39 is 28.4 Å². The number of rotatable bonds is 6. The Labute approximate surface area is 262 Å². The quantitative estimate of drug-likeness (QED) is 0.149. The van der Waals surface area contributed by atoms with Gasteiger partial charge in [0.2, 0.25) is 0 Å². The van der Waals surface area contributed by atoms with Crippen LogP contribution < -0.4 is 21.3 Å². The summed E-state index contributed by atoms with van der Waals surface area (Å²) in [7, 11) is 3.02. The number of hydrogen-bond donors (Lipinski definition) is 1. The number of carbonyl (C=O) groups excluding carboxylic acids is 2. The number of Topliss-reactive ketones (excluding diaryl/α,β-unsaturated/α-hetero) is 1. The third kappa shape index (κ3) is 4.81. The first kappa shape index (κ1) is 28.4. The van der Waals surface area contributed by atoms with Crippen LogP contribution in [0.15, 0.2) is 129 Å². The monoisotopic (exact) mass is 613 g/mol. The molecule has 4 aromatic carbocycles. The molecule has 1 aliphatic carbocycles. The molecule has 222 valence electrons. The number of ketones is 1. The number of hydrogen-bond acceptors (Lipinski definition) is 7. The molecule has 1 aromatic heterocycles. The average Bonchev–Trinajstić information content (AvgIpc) is 3.36. The average molecular weight is 614 g/mol. The minimum absolute atomic E-state index is 0.182. The van der Waals surface area contributed by atoms with Gasteiger partial charge in [-0.3, -0.25) is 23.5 Å². The molecule has 2 aliphatic rings. The fourth-order valence-electron chi connectivity index (χ4n) is 6.00. The van der Waals surface area contributed by atoms with Gasteiger partial charge >= 0.3 is 11.7 Å². The van der Waals surface area contributed by atoms with E-state index in [0.717, 1.165) is 20.6 Å². The Kier molecular flexibility index (Phi) is 7.10. The number of carbonyl (C=O) groups is 2. The second kappa shape index (κ2) is 11.3. The van der Waals surface area contributed by atoms with Gasteiger partial charge in [-0.1, -0.05) is 84.9 Å². The molecule has 0 saturated heterocycles. The molecule has 0 saturated carbocycles. The molecule has 45 heavy (non-hydrogen) atoms. The highest BCUT2D eigenvalue weighted by Crippen LogP contribution is 2.48. The summed E-state index contributed by atoms with van der Waals surface area (Å²) in [6, 6.07) is 33.3. The molecule has 0 fully saturated rings. The van der Waals surface area contributed by atoms with Crippen molar-refractivity contribution >= 4 is 35.0 Å². The molecule has 1 N–H and O–H groups in total. The van der Waals surface area contributed by atoms with Crippen LogP contribution in [0, 0.1) is 0 Å². The van der Waals surface area contributed by atoms with Crippen molar-refractivity contribution in [2.45, 2.75) is 16.1 Å². The van der Waals surface area contributed by atoms with Crippen LogP contribution in [0.3, 0.4) is 0 Å². The van der Waals surface area contributed by atoms with Crippen molar-refractivity contribution in [1.82, 2.24) is 9.13 Å². The van der Waals surface area contributed by atoms with Gasteiger partial charge in [-0.15, -0.1) is 11.8 Å². The predicted octanol–water partition coefficient (Wildman–Crippen LogP) is 5.69. The molecule has 9 heteroatoms. The number of benzene rings is 4. The molecular formula is C36H27N3O5S. The van der Waals surface area contributed by atoms with E-state index in [1.807, 2.05) is 72.8 Å². The fraction of sp³-hybridized carbons (Fsp3) is 0.111. The summed E-state index contributed by atoms with van der Waals surface area (Å²) in [6.07, 6.45) is 0. The number of nitrogens with zero attached hydrogens (tertiary/aromatic N) is 2. The van der Waals surface area contributed by atoms with E-state index in [0.29, 0.717) is 39.5 Å². The first-order chi connectivity index (χ1) is 21.8. The van der Waals surface area contributed by atoms with Crippen LogP contribution in [-0.2, 0) is 18.9 Å². The number of fused-ring (bicyclic) bond motifs is 3. The number of aromatic nitrogens is 2. The van der Waals surface area contributed by atoms with E-state index in [9.17, 15) is 19.2 Å². The normalized spacial score (nSPS) is 15.5. The van der Waals surface area contributed by atoms with Crippen molar-refractivity contribution in [1.29, 1.82) is 0 Å². The number of thioether (sulfide) groups is 1. The summed E-state index contributed by atoms with van der Waals surface area (Å²) >= 11 is 1.41. The Morgan fingerprint density at radius 1 is 0.778 bits per heavy atom. The Morgan fingerprint density at radius 2 is 1.40 bits per heavy atom. The van der Waals surface area contributed by atoms with Crippen LogP contribution in [0.5, 0.6) is 5.75 Å². The third-order valence-corrected chi connectivity index (χ3v) is 9.47. The van der Waals surface area contributed by atoms with Gasteiger partial charge in [0.25, 0.3) is 5.56 Å². The molecule has 0 spiro atoms. The molecule has 2 heterocycles. The van der Waals surface area contributed by atoms with Crippen LogP contribution in [0.2, 0.25) is 0 Å². The second-order valence-electron chi connectivity index (χ2n) is 10.9. The standard InChI is InChI=1S/C36H27N3O5S/c1-38-33-29(34(41)39(2)36(38)43)27(28-30(37-33)25-15-9-10-16-26(25)31(28)40)21-17-19-23(20-18-21)44-35(42)32(22-11-5-3-6-12-22)45-24-13-7-4-8-14-24/h3-20,27,32,37H,1-2H3. The number of nitrogens with one attached hydrogen (secondary N) is 1. The van der Waals surface area contributed by atoms with Crippen molar-refractivity contribution in [3.8, 4) is 5.75 Å². The second-order valence-corrected chi connectivity index (χ2v) is 12.1. The first-order valence-corrected chi connectivity index (χ1v) is 15.2. The number of esters is 1. The summed E-state index contributed by atoms with van der Waals surface area (Å²) in [5.41, 5.74) is 3.07. The van der Waals surface area contributed by atoms with Crippen LogP contribution in [0.1, 0.15) is 43.8 Å². The smallest absolute Gasteiger partial charge is 0.332 e. The third-order valence-electron chi connectivity index (χ3n) is 8.22. The lowest BCUT2D eigenvalue weighted by atomic mass is 9.81. The topological polar surface area (TPSA) is 99.4 Å². The number of anilines is 1. The zero-order valence-electron chi connectivity index (χ0n) is 24.4. The van der Waals surface area contributed by atoms with Gasteiger partial charge in [0.1, 0.15) is 16.8 Å². The largest absolute Gasteiger partial charge is 0.425 e. The predicted molar refractivity (Wildman–Crippen MR) is 174 cm³/mol. The highest BCUT2D eigenvalue weighted by atomic mass is 32.2. The number of ether oxygens (including phenoxy) is 1. The van der Waals surface area contributed by atoms with E-state index in [1.165, 1.54) is 23.4 Å². The molecular weight excluding hydrogens is 586 g/mol. The van der Waals surface area contributed by atoms with Gasteiger partial charge in [0, 0.05) is 41.6 Å². The lowest BCUT2D eigenvalue weighted by Crippen LogP contribution is -2.42. The number of allylic oxidation sites excluding steroid dienone is 1. The van der Waals surface area contributed by atoms with Crippen molar-refractivity contribution < 1.29 is 14.3 Å². The minimum atomic E-state index is -0.753. The summed E-state index contributed by atoms with van der Waals surface area (Å²) in [5, 5.41) is 2.64. The molecule has 2 unspecified atom stereocenters. The van der Waals surface area contributed by atoms with Crippen LogP contribution >= 0.6 is 11.8 Å². The van der Waals surface area contributed by atoms with E-state index in [-0.39, 0.29) is 5.78 Å². The van der Waals surface area contributed by atoms with E-state index >= 15 is 0 Å². The van der Waals surface area contributed by atoms with Gasteiger partial charge < -0.3 is 10.1 Å². The molecule has 1 aliphatic heterocycles. The highest BCUT2D eigenvalue weighted by molar-refractivity contribution is 8.00. The lowest BCUT2D eigenvalue weighted by molar-refractivity contribution is -0.133. The lowest BCUT2D eigenvalue weighted by Gasteiger charge is -2.29. The maximum absolute atomic E-state index is 13.8. The Morgan fingerprint density at radius 3 is 2.09 bits per heavy atom. The van der Waals surface area contributed by atoms with Gasteiger partial charge in [-0.2, -0.15) is 0 Å². The van der Waals surface area contributed by atoms with Crippen molar-refractivity contribution in [2.24, 2.45) is 14.1 Å². The van der Waals surface area contributed by atoms with Crippen LogP contribution in [-0.4, -0.2) is 20.9 Å².